The molecule has 0 N–H and O–H groups in total. The molecule has 0 bridgehead atoms. The van der Waals surface area contributed by atoms with E-state index in [0.717, 1.165) is 0 Å². The molecule has 0 unspecified atom stereocenters. The maximum atomic E-state index is 13.0. The van der Waals surface area contributed by atoms with Crippen LogP contribution in [0.5, 0.6) is 0 Å². The second kappa shape index (κ2) is 9.45. The van der Waals surface area contributed by atoms with Crippen molar-refractivity contribution in [3.63, 3.8) is 0 Å². The first-order valence-electron chi connectivity index (χ1n) is 10.2. The molecule has 160 valence electrons. The third kappa shape index (κ3) is 4.26. The van der Waals surface area contributed by atoms with Crippen molar-refractivity contribution in [1.82, 2.24) is 14.5 Å². The molecule has 0 radical (unpaired) electrons. The third-order valence-electron chi connectivity index (χ3n) is 5.19. The minimum Gasteiger partial charge on any atom is -0.385 e. The summed E-state index contributed by atoms with van der Waals surface area (Å²) in [5.41, 5.74) is 1.52. The van der Waals surface area contributed by atoms with E-state index in [1.807, 2.05) is 18.2 Å². The number of hydrogen-bond acceptors (Lipinski definition) is 6. The van der Waals surface area contributed by atoms with Gasteiger partial charge in [-0.2, -0.15) is 0 Å². The highest BCUT2D eigenvalue weighted by Crippen LogP contribution is 2.24. The van der Waals surface area contributed by atoms with Crippen molar-refractivity contribution < 1.29 is 14.3 Å². The van der Waals surface area contributed by atoms with Crippen molar-refractivity contribution in [2.24, 2.45) is 0 Å². The van der Waals surface area contributed by atoms with Crippen molar-refractivity contribution >= 4 is 34.5 Å². The van der Waals surface area contributed by atoms with Gasteiger partial charge in [-0.25, -0.2) is 4.98 Å². The Morgan fingerprint density at radius 3 is 2.29 bits per heavy atom. The number of carbonyl (C=O) groups excluding carboxylic acids is 2. The number of carbonyl (C=O) groups is 2. The lowest BCUT2D eigenvalue weighted by molar-refractivity contribution is 0.0655. The Hall–Kier alpha value is -2.97. The molecule has 0 fully saturated rings. The summed E-state index contributed by atoms with van der Waals surface area (Å²) in [6.45, 7) is 1.41. The fraction of sp³-hybridized carbons (Fsp3) is 0.304. The first kappa shape index (κ1) is 21.3. The highest BCUT2D eigenvalue weighted by molar-refractivity contribution is 7.99. The summed E-state index contributed by atoms with van der Waals surface area (Å²) < 4.78 is 6.81. The van der Waals surface area contributed by atoms with Crippen molar-refractivity contribution in [2.75, 3.05) is 26.0 Å². The number of nitrogens with zero attached hydrogens (tertiary/aromatic N) is 3. The summed E-state index contributed by atoms with van der Waals surface area (Å²) in [6, 6.07) is 14.2. The standard InChI is InChI=1S/C23H23N3O4S/c1-30-14-6-12-26-22(29)18-10-4-5-11-19(18)24-23(26)31-15-7-13-25-20(27)16-8-2-3-9-17(16)21(25)28/h2-5,8-11H,6-7,12-15H2,1H3. The maximum absolute atomic E-state index is 13.0. The van der Waals surface area contributed by atoms with Crippen molar-refractivity contribution in [1.29, 1.82) is 0 Å². The average molecular weight is 438 g/mol. The molecular weight excluding hydrogens is 414 g/mol. The lowest BCUT2D eigenvalue weighted by atomic mass is 10.1. The van der Waals surface area contributed by atoms with E-state index in [9.17, 15) is 14.4 Å². The zero-order valence-electron chi connectivity index (χ0n) is 17.2. The van der Waals surface area contributed by atoms with Crippen LogP contribution in [0.25, 0.3) is 10.9 Å². The lowest BCUT2D eigenvalue weighted by Crippen LogP contribution is -2.31. The maximum Gasteiger partial charge on any atom is 0.262 e. The summed E-state index contributed by atoms with van der Waals surface area (Å²) >= 11 is 1.47. The molecule has 2 amide bonds. The Kier molecular flexibility index (Phi) is 6.48. The topological polar surface area (TPSA) is 81.5 Å². The van der Waals surface area contributed by atoms with Crippen LogP contribution in [-0.4, -0.2) is 52.3 Å². The van der Waals surface area contributed by atoms with E-state index < -0.39 is 0 Å². The minimum atomic E-state index is -0.245. The van der Waals surface area contributed by atoms with Gasteiger partial charge >= 0.3 is 0 Å². The molecule has 3 aromatic rings. The first-order chi connectivity index (χ1) is 15.1. The van der Waals surface area contributed by atoms with Crippen LogP contribution in [0.2, 0.25) is 0 Å². The van der Waals surface area contributed by atoms with Crippen molar-refractivity contribution in [3.05, 3.63) is 70.0 Å². The fourth-order valence-corrected chi connectivity index (χ4v) is 4.60. The summed E-state index contributed by atoms with van der Waals surface area (Å²) in [7, 11) is 1.64. The lowest BCUT2D eigenvalue weighted by Gasteiger charge is -2.15. The molecule has 7 nitrogen and oxygen atoms in total. The predicted octanol–water partition coefficient (Wildman–Crippen LogP) is 3.21. The van der Waals surface area contributed by atoms with Gasteiger partial charge in [0.1, 0.15) is 0 Å². The molecule has 4 rings (SSSR count). The number of thioether (sulfide) groups is 1. The number of hydrogen-bond donors (Lipinski definition) is 0. The van der Waals surface area contributed by atoms with Crippen LogP contribution < -0.4 is 5.56 Å². The molecular formula is C23H23N3O4S. The molecule has 0 atom stereocenters. The van der Waals surface area contributed by atoms with Crippen LogP contribution >= 0.6 is 11.8 Å². The van der Waals surface area contributed by atoms with Gasteiger partial charge in [0.05, 0.1) is 22.0 Å². The van der Waals surface area contributed by atoms with Gasteiger partial charge in [0.2, 0.25) is 0 Å². The number of methoxy groups -OCH3 is 1. The summed E-state index contributed by atoms with van der Waals surface area (Å²) in [6.07, 6.45) is 1.32. The van der Waals surface area contributed by atoms with E-state index in [1.54, 1.807) is 42.0 Å². The number of amides is 2. The number of ether oxygens (including phenoxy) is 1. The molecule has 8 heteroatoms. The van der Waals surface area contributed by atoms with Crippen LogP contribution in [-0.2, 0) is 11.3 Å². The average Bonchev–Trinajstić information content (AvgIpc) is 3.03. The molecule has 0 saturated heterocycles. The van der Waals surface area contributed by atoms with Crippen LogP contribution in [0, 0.1) is 0 Å². The Morgan fingerprint density at radius 2 is 1.58 bits per heavy atom. The normalized spacial score (nSPS) is 13.3. The van der Waals surface area contributed by atoms with Gasteiger partial charge in [0.15, 0.2) is 5.16 Å². The Morgan fingerprint density at radius 1 is 0.903 bits per heavy atom. The van der Waals surface area contributed by atoms with Crippen LogP contribution in [0.15, 0.2) is 58.5 Å². The molecule has 1 aromatic heterocycles. The van der Waals surface area contributed by atoms with Crippen molar-refractivity contribution in [3.8, 4) is 0 Å². The van der Waals surface area contributed by atoms with E-state index in [1.165, 1.54) is 16.7 Å². The zero-order valence-corrected chi connectivity index (χ0v) is 18.1. The van der Waals surface area contributed by atoms with Crippen molar-refractivity contribution in [2.45, 2.75) is 24.5 Å². The second-order valence-corrected chi connectivity index (χ2v) is 8.29. The van der Waals surface area contributed by atoms with Gasteiger partial charge in [0, 0.05) is 32.6 Å². The second-order valence-electron chi connectivity index (χ2n) is 7.22. The Labute approximate surface area is 184 Å². The number of imide groups is 1. The number of benzene rings is 2. The smallest absolute Gasteiger partial charge is 0.262 e. The highest BCUT2D eigenvalue weighted by Gasteiger charge is 2.34. The van der Waals surface area contributed by atoms with Crippen LogP contribution in [0.3, 0.4) is 0 Å². The van der Waals surface area contributed by atoms with E-state index in [4.69, 9.17) is 4.74 Å². The molecule has 31 heavy (non-hydrogen) atoms. The molecule has 1 aliphatic heterocycles. The number of fused-ring (bicyclic) bond motifs is 2. The van der Waals surface area contributed by atoms with Crippen LogP contribution in [0.1, 0.15) is 33.6 Å². The van der Waals surface area contributed by atoms with Gasteiger partial charge in [-0.1, -0.05) is 36.0 Å². The number of aromatic nitrogens is 2. The monoisotopic (exact) mass is 437 g/mol. The summed E-state index contributed by atoms with van der Waals surface area (Å²) in [5, 5.41) is 1.23. The molecule has 1 aliphatic rings. The predicted molar refractivity (Wildman–Crippen MR) is 120 cm³/mol. The SMILES string of the molecule is COCCCn1c(SCCCN2C(=O)c3ccccc3C2=O)nc2ccccc2c1=O. The highest BCUT2D eigenvalue weighted by atomic mass is 32.2. The van der Waals surface area contributed by atoms with Gasteiger partial charge in [0.25, 0.3) is 17.4 Å². The third-order valence-corrected chi connectivity index (χ3v) is 6.25. The minimum absolute atomic E-state index is 0.0652. The summed E-state index contributed by atoms with van der Waals surface area (Å²) in [4.78, 5) is 43.9. The Bertz CT molecular complexity index is 1160. The first-order valence-corrected chi connectivity index (χ1v) is 11.2. The molecule has 2 aromatic carbocycles. The van der Waals surface area contributed by atoms with E-state index in [0.29, 0.717) is 65.5 Å². The molecule has 2 heterocycles. The van der Waals surface area contributed by atoms with Gasteiger partial charge < -0.3 is 4.74 Å². The van der Waals surface area contributed by atoms with E-state index in [-0.39, 0.29) is 17.4 Å². The number of rotatable bonds is 9. The van der Waals surface area contributed by atoms with E-state index >= 15 is 0 Å². The van der Waals surface area contributed by atoms with Gasteiger partial charge in [-0.05, 0) is 37.1 Å². The number of para-hydroxylation sites is 1. The Balaban J connectivity index is 1.45. The molecule has 0 aliphatic carbocycles. The zero-order chi connectivity index (χ0) is 21.8. The fourth-order valence-electron chi connectivity index (χ4n) is 3.65. The van der Waals surface area contributed by atoms with Gasteiger partial charge in [-0.3, -0.25) is 23.9 Å². The van der Waals surface area contributed by atoms with Gasteiger partial charge in [-0.15, -0.1) is 0 Å². The molecule has 0 spiro atoms. The summed E-state index contributed by atoms with van der Waals surface area (Å²) in [5.74, 6) is 0.138. The molecule has 0 saturated carbocycles. The largest absolute Gasteiger partial charge is 0.385 e. The van der Waals surface area contributed by atoms with E-state index in [2.05, 4.69) is 4.98 Å². The van der Waals surface area contributed by atoms with Crippen LogP contribution in [0.4, 0.5) is 0 Å². The quantitative estimate of drug-likeness (QED) is 0.221.